The summed E-state index contributed by atoms with van der Waals surface area (Å²) in [5, 5.41) is 23.3. The first-order valence-electron chi connectivity index (χ1n) is 34.4. The van der Waals surface area contributed by atoms with Crippen molar-refractivity contribution in [2.75, 3.05) is 13.2 Å². The predicted molar refractivity (Wildman–Crippen MR) is 329 cm³/mol. The summed E-state index contributed by atoms with van der Waals surface area (Å²) in [7, 11) is 0. The maximum atomic E-state index is 12.5. The van der Waals surface area contributed by atoms with Gasteiger partial charge in [-0.25, -0.2) is 0 Å². The van der Waals surface area contributed by atoms with Crippen molar-refractivity contribution in [2.45, 2.75) is 405 Å². The summed E-state index contributed by atoms with van der Waals surface area (Å²) < 4.78 is 5.50. The van der Waals surface area contributed by atoms with Crippen LogP contribution in [0.3, 0.4) is 0 Å². The highest BCUT2D eigenvalue weighted by molar-refractivity contribution is 5.76. The normalized spacial score (nSPS) is 12.5. The molecule has 2 unspecified atom stereocenters. The van der Waals surface area contributed by atoms with E-state index in [1.54, 1.807) is 0 Å². The van der Waals surface area contributed by atoms with Crippen molar-refractivity contribution in [3.8, 4) is 0 Å². The number of amides is 1. The first kappa shape index (κ1) is 73.6. The molecule has 0 radical (unpaired) electrons. The van der Waals surface area contributed by atoms with Crippen LogP contribution in [0, 0.1) is 0 Å². The van der Waals surface area contributed by atoms with Crippen molar-refractivity contribution in [1.29, 1.82) is 0 Å². The third kappa shape index (κ3) is 61.7. The van der Waals surface area contributed by atoms with Crippen molar-refractivity contribution in [1.82, 2.24) is 5.32 Å². The predicted octanol–water partition coefficient (Wildman–Crippen LogP) is 22.0. The van der Waals surface area contributed by atoms with Crippen molar-refractivity contribution < 1.29 is 24.5 Å². The molecule has 1 amide bonds. The van der Waals surface area contributed by atoms with E-state index in [4.69, 9.17) is 4.74 Å². The molecule has 0 spiro atoms. The average molecular weight is 1060 g/mol. The molecule has 0 saturated heterocycles. The van der Waals surface area contributed by atoms with Crippen LogP contribution in [0.2, 0.25) is 0 Å². The summed E-state index contributed by atoms with van der Waals surface area (Å²) >= 11 is 0. The molecule has 0 saturated carbocycles. The molecule has 0 aliphatic carbocycles. The molecule has 0 aromatic carbocycles. The van der Waals surface area contributed by atoms with Crippen LogP contribution in [0.25, 0.3) is 0 Å². The van der Waals surface area contributed by atoms with Gasteiger partial charge < -0.3 is 20.3 Å². The number of hydrogen-bond donors (Lipinski definition) is 3. The molecule has 0 aromatic heterocycles. The van der Waals surface area contributed by atoms with E-state index in [9.17, 15) is 19.8 Å². The zero-order valence-corrected chi connectivity index (χ0v) is 51.1. The number of allylic oxidation sites excluding steroid dienone is 2. The summed E-state index contributed by atoms with van der Waals surface area (Å²) in [5.74, 6) is -0.0127. The number of hydrogen-bond acceptors (Lipinski definition) is 5. The highest BCUT2D eigenvalue weighted by atomic mass is 16.5. The molecule has 0 aromatic rings. The molecule has 0 rings (SSSR count). The number of carbonyl (C=O) groups is 2. The van der Waals surface area contributed by atoms with E-state index in [0.717, 1.165) is 44.9 Å². The zero-order valence-electron chi connectivity index (χ0n) is 51.1. The van der Waals surface area contributed by atoms with Crippen molar-refractivity contribution in [3.63, 3.8) is 0 Å². The van der Waals surface area contributed by atoms with Crippen LogP contribution < -0.4 is 5.32 Å². The Morgan fingerprint density at radius 2 is 0.627 bits per heavy atom. The fourth-order valence-corrected chi connectivity index (χ4v) is 11.1. The minimum Gasteiger partial charge on any atom is -0.466 e. The van der Waals surface area contributed by atoms with Gasteiger partial charge in [-0.1, -0.05) is 341 Å². The molecule has 6 heteroatoms. The van der Waals surface area contributed by atoms with Crippen LogP contribution in [0.5, 0.6) is 0 Å². The van der Waals surface area contributed by atoms with Gasteiger partial charge in [0.1, 0.15) is 0 Å². The van der Waals surface area contributed by atoms with E-state index in [0.29, 0.717) is 25.9 Å². The standard InChI is InChI=1S/C69H135NO5/c1-3-5-7-9-11-13-15-17-18-32-36-39-43-47-51-55-59-63-69(74)75-64-60-56-52-48-44-40-37-34-31-29-27-25-23-21-19-20-22-24-26-28-30-33-35-38-42-46-50-54-58-62-68(73)70-66(65-71)67(72)61-57-53-49-45-41-16-14-12-10-8-6-4-2/h17-18,66-67,71-72H,3-16,19-65H2,1-2H3,(H,70,73)/b18-17-. The Kier molecular flexibility index (Phi) is 63.9. The average Bonchev–Trinajstić information content (AvgIpc) is 3.41. The van der Waals surface area contributed by atoms with Gasteiger partial charge in [0.15, 0.2) is 0 Å². The quantitative estimate of drug-likeness (QED) is 0.0320. The fraction of sp³-hybridized carbons (Fsp3) is 0.942. The third-order valence-corrected chi connectivity index (χ3v) is 16.3. The van der Waals surface area contributed by atoms with Gasteiger partial charge in [-0.2, -0.15) is 0 Å². The van der Waals surface area contributed by atoms with Crippen molar-refractivity contribution >= 4 is 11.9 Å². The second kappa shape index (κ2) is 65.1. The summed E-state index contributed by atoms with van der Waals surface area (Å²) in [6.07, 6.45) is 79.8. The van der Waals surface area contributed by atoms with Crippen LogP contribution in [0.4, 0.5) is 0 Å². The molecule has 6 nitrogen and oxygen atoms in total. The second-order valence-corrected chi connectivity index (χ2v) is 23.9. The number of nitrogens with one attached hydrogen (secondary N) is 1. The summed E-state index contributed by atoms with van der Waals surface area (Å²) in [5.41, 5.74) is 0. The number of aliphatic hydroxyl groups excluding tert-OH is 2. The summed E-state index contributed by atoms with van der Waals surface area (Å²) in [6.45, 7) is 4.98. The van der Waals surface area contributed by atoms with Crippen LogP contribution in [-0.4, -0.2) is 47.4 Å². The fourth-order valence-electron chi connectivity index (χ4n) is 11.1. The van der Waals surface area contributed by atoms with Gasteiger partial charge in [-0.05, 0) is 51.4 Å². The van der Waals surface area contributed by atoms with E-state index in [2.05, 4.69) is 31.3 Å². The Morgan fingerprint density at radius 1 is 0.360 bits per heavy atom. The Labute approximate surface area is 469 Å². The van der Waals surface area contributed by atoms with E-state index < -0.39 is 12.1 Å². The molecule has 0 heterocycles. The van der Waals surface area contributed by atoms with E-state index in [-0.39, 0.29) is 18.5 Å². The maximum absolute atomic E-state index is 12.5. The van der Waals surface area contributed by atoms with Crippen LogP contribution in [0.1, 0.15) is 393 Å². The lowest BCUT2D eigenvalue weighted by Crippen LogP contribution is -2.45. The Balaban J connectivity index is 3.30. The molecule has 0 bridgehead atoms. The molecule has 0 fully saturated rings. The number of carbonyl (C=O) groups excluding carboxylic acids is 2. The molecule has 0 aliphatic rings. The van der Waals surface area contributed by atoms with Gasteiger partial charge in [0.05, 0.1) is 25.4 Å². The first-order chi connectivity index (χ1) is 37.0. The largest absolute Gasteiger partial charge is 0.466 e. The van der Waals surface area contributed by atoms with E-state index in [1.807, 2.05) is 0 Å². The summed E-state index contributed by atoms with van der Waals surface area (Å²) in [6, 6.07) is -0.537. The molecule has 446 valence electrons. The summed E-state index contributed by atoms with van der Waals surface area (Å²) in [4.78, 5) is 24.6. The van der Waals surface area contributed by atoms with Gasteiger partial charge >= 0.3 is 5.97 Å². The van der Waals surface area contributed by atoms with Gasteiger partial charge in [0.2, 0.25) is 5.91 Å². The molecule has 3 N–H and O–H groups in total. The molecule has 2 atom stereocenters. The SMILES string of the molecule is CCCCCCCC/C=C\CCCCCCCCCC(=O)OCCCCCCCCCCCCCCCCCCCCCCCCCCCCCCCC(=O)NC(CO)C(O)CCCCCCCCCCCCCC. The molecular weight excluding hydrogens is 923 g/mol. The maximum Gasteiger partial charge on any atom is 0.305 e. The van der Waals surface area contributed by atoms with Crippen LogP contribution in [-0.2, 0) is 14.3 Å². The second-order valence-electron chi connectivity index (χ2n) is 23.9. The van der Waals surface area contributed by atoms with Crippen LogP contribution >= 0.6 is 0 Å². The van der Waals surface area contributed by atoms with E-state index in [1.165, 1.54) is 315 Å². The zero-order chi connectivity index (χ0) is 54.3. The molecule has 75 heavy (non-hydrogen) atoms. The van der Waals surface area contributed by atoms with Gasteiger partial charge in [0, 0.05) is 12.8 Å². The minimum atomic E-state index is -0.660. The lowest BCUT2D eigenvalue weighted by Gasteiger charge is -2.22. The minimum absolute atomic E-state index is 0.0170. The number of esters is 1. The highest BCUT2D eigenvalue weighted by Crippen LogP contribution is 2.19. The van der Waals surface area contributed by atoms with Gasteiger partial charge in [0.25, 0.3) is 0 Å². The number of rotatable bonds is 65. The Bertz CT molecular complexity index is 1130. The Morgan fingerprint density at radius 3 is 0.947 bits per heavy atom. The van der Waals surface area contributed by atoms with Gasteiger partial charge in [-0.3, -0.25) is 9.59 Å². The number of ether oxygens (including phenoxy) is 1. The Hall–Kier alpha value is -1.40. The number of unbranched alkanes of at least 4 members (excludes halogenated alkanes) is 52. The smallest absolute Gasteiger partial charge is 0.305 e. The lowest BCUT2D eigenvalue weighted by atomic mass is 10.0. The monoisotopic (exact) mass is 1060 g/mol. The van der Waals surface area contributed by atoms with E-state index >= 15 is 0 Å². The molecule has 0 aliphatic heterocycles. The first-order valence-corrected chi connectivity index (χ1v) is 34.4. The topological polar surface area (TPSA) is 95.9 Å². The van der Waals surface area contributed by atoms with Crippen molar-refractivity contribution in [3.05, 3.63) is 12.2 Å². The lowest BCUT2D eigenvalue weighted by molar-refractivity contribution is -0.143. The highest BCUT2D eigenvalue weighted by Gasteiger charge is 2.20. The van der Waals surface area contributed by atoms with Gasteiger partial charge in [-0.15, -0.1) is 0 Å². The van der Waals surface area contributed by atoms with Crippen molar-refractivity contribution in [2.24, 2.45) is 0 Å². The number of aliphatic hydroxyl groups is 2. The third-order valence-electron chi connectivity index (χ3n) is 16.3. The van der Waals surface area contributed by atoms with Crippen LogP contribution in [0.15, 0.2) is 12.2 Å². The molecular formula is C69H135NO5.